The molecule has 0 spiro atoms. The van der Waals surface area contributed by atoms with Gasteiger partial charge in [-0.2, -0.15) is 0 Å². The number of carbonyl (C=O) groups excluding carboxylic acids is 3. The maximum absolute atomic E-state index is 11.5. The molecule has 0 aliphatic carbocycles. The molecule has 6 nitrogen and oxygen atoms in total. The van der Waals surface area contributed by atoms with E-state index in [1.165, 1.54) is 7.11 Å². The van der Waals surface area contributed by atoms with E-state index in [1.54, 1.807) is 31.4 Å². The standard InChI is InChI=1S/C13H16BrNO4.C2H2Br2O.CH2Cl2.CH4.H2/c1-18-10-5-3-9(4-6-10)11(7-13(17)19-2)15-12(16)8-14;3-1-2(4)5;2-1-3;;/h3-6,11H,7-8H2,1-2H3,(H,15,16);1H2;1H2;1H4;1H/t11-;;;;/m0..../s1/i;;;;1+1. The molecule has 0 bridgehead atoms. The van der Waals surface area contributed by atoms with Crippen LogP contribution in [0, 0.1) is 0 Å². The van der Waals surface area contributed by atoms with Crippen LogP contribution in [-0.2, 0) is 19.1 Å². The molecule has 1 amide bonds. The number of hydrogen-bond donors (Lipinski definition) is 1. The van der Waals surface area contributed by atoms with E-state index in [-0.39, 0.29) is 42.5 Å². The molecule has 0 radical (unpaired) electrons. The van der Waals surface area contributed by atoms with Gasteiger partial charge in [-0.25, -0.2) is 0 Å². The normalized spacial score (nSPS) is 9.82. The third-order valence-electron chi connectivity index (χ3n) is 2.68. The minimum absolute atomic E-state index is 0. The molecule has 0 unspecified atom stereocenters. The first-order chi connectivity index (χ1) is 12.8. The molecule has 164 valence electrons. The first-order valence-electron chi connectivity index (χ1n) is 7.21. The molecule has 1 atom stereocenters. The Kier molecular flexibility index (Phi) is 24.7. The molecule has 0 saturated carbocycles. The van der Waals surface area contributed by atoms with Gasteiger partial charge >= 0.3 is 5.97 Å². The van der Waals surface area contributed by atoms with Gasteiger partial charge in [0.2, 0.25) is 10.6 Å². The summed E-state index contributed by atoms with van der Waals surface area (Å²) in [6, 6.07) is 6.75. The van der Waals surface area contributed by atoms with Crippen LogP contribution >= 0.6 is 71.0 Å². The second-order valence-electron chi connectivity index (χ2n) is 4.40. The largest absolute Gasteiger partial charge is 0.497 e. The minimum Gasteiger partial charge on any atom is -0.497 e. The van der Waals surface area contributed by atoms with Crippen molar-refractivity contribution in [2.24, 2.45) is 0 Å². The number of rotatable bonds is 7. The zero-order chi connectivity index (χ0) is 21.2. The van der Waals surface area contributed by atoms with E-state index >= 15 is 0 Å². The van der Waals surface area contributed by atoms with Crippen LogP contribution in [0.3, 0.4) is 0 Å². The Morgan fingerprint density at radius 2 is 1.57 bits per heavy atom. The highest BCUT2D eigenvalue weighted by molar-refractivity contribution is 9.19. The summed E-state index contributed by atoms with van der Waals surface area (Å²) in [5.41, 5.74) is 0.820. The van der Waals surface area contributed by atoms with Crippen molar-refractivity contribution in [2.45, 2.75) is 19.9 Å². The average molecular weight is 636 g/mol. The Bertz CT molecular complexity index is 551. The lowest BCUT2D eigenvalue weighted by Gasteiger charge is -2.18. The highest BCUT2D eigenvalue weighted by atomic mass is 79.9. The van der Waals surface area contributed by atoms with E-state index in [1.807, 2.05) is 0 Å². The summed E-state index contributed by atoms with van der Waals surface area (Å²) < 4.78 is 9.69. The first kappa shape index (κ1) is 32.3. The van der Waals surface area contributed by atoms with E-state index in [4.69, 9.17) is 27.9 Å². The number of carbonyl (C=O) groups is 3. The summed E-state index contributed by atoms with van der Waals surface area (Å²) in [5, 5.41) is 3.53. The van der Waals surface area contributed by atoms with Crippen LogP contribution in [0.15, 0.2) is 24.3 Å². The Labute approximate surface area is 202 Å². The maximum Gasteiger partial charge on any atom is 0.307 e. The molecular formula is C17H26Br3Cl2NO5. The average Bonchev–Trinajstić information content (AvgIpc) is 2.68. The number of amides is 1. The van der Waals surface area contributed by atoms with Crippen LogP contribution in [0.5, 0.6) is 5.75 Å². The summed E-state index contributed by atoms with van der Waals surface area (Å²) in [6.07, 6.45) is 0.0849. The van der Waals surface area contributed by atoms with Crippen molar-refractivity contribution < 1.29 is 25.3 Å². The van der Waals surface area contributed by atoms with E-state index in [9.17, 15) is 14.4 Å². The fourth-order valence-electron chi connectivity index (χ4n) is 1.57. The predicted octanol–water partition coefficient (Wildman–Crippen LogP) is 5.42. The van der Waals surface area contributed by atoms with Crippen LogP contribution in [0.25, 0.3) is 0 Å². The molecule has 1 rings (SSSR count). The smallest absolute Gasteiger partial charge is 0.307 e. The predicted molar refractivity (Wildman–Crippen MR) is 127 cm³/mol. The number of alkyl halides is 4. The number of methoxy groups -OCH3 is 2. The van der Waals surface area contributed by atoms with Crippen molar-refractivity contribution in [3.63, 3.8) is 0 Å². The van der Waals surface area contributed by atoms with E-state index in [0.29, 0.717) is 11.1 Å². The van der Waals surface area contributed by atoms with Crippen molar-refractivity contribution in [3.8, 4) is 5.75 Å². The molecule has 0 aromatic heterocycles. The van der Waals surface area contributed by atoms with Crippen molar-refractivity contribution in [3.05, 3.63) is 29.8 Å². The lowest BCUT2D eigenvalue weighted by Crippen LogP contribution is -2.31. The quantitative estimate of drug-likeness (QED) is 0.246. The SMILES string of the molecule is C.COC(=O)C[C@H](NC(=O)CBr)c1ccc(OC)cc1.ClCCl.O=C(Br)CBr.[2HH]. The van der Waals surface area contributed by atoms with Crippen molar-refractivity contribution in [1.29, 1.82) is 0 Å². The van der Waals surface area contributed by atoms with Gasteiger partial charge in [-0.15, -0.1) is 23.2 Å². The number of nitrogens with one attached hydrogen (secondary N) is 1. The van der Waals surface area contributed by atoms with Crippen LogP contribution < -0.4 is 10.1 Å². The third kappa shape index (κ3) is 17.7. The highest BCUT2D eigenvalue weighted by Crippen LogP contribution is 2.20. The molecule has 1 aromatic rings. The molecule has 0 heterocycles. The van der Waals surface area contributed by atoms with Crippen LogP contribution in [0.1, 0.15) is 26.9 Å². The molecule has 11 heteroatoms. The number of halogens is 5. The molecule has 28 heavy (non-hydrogen) atoms. The van der Waals surface area contributed by atoms with Gasteiger partial charge in [-0.1, -0.05) is 51.4 Å². The van der Waals surface area contributed by atoms with Gasteiger partial charge in [0, 0.05) is 1.43 Å². The van der Waals surface area contributed by atoms with Crippen molar-refractivity contribution in [1.82, 2.24) is 5.32 Å². The van der Waals surface area contributed by atoms with Crippen LogP contribution in [-0.4, -0.2) is 46.8 Å². The molecule has 0 saturated heterocycles. The van der Waals surface area contributed by atoms with Gasteiger partial charge in [-0.05, 0) is 33.6 Å². The maximum atomic E-state index is 11.5. The topological polar surface area (TPSA) is 81.7 Å². The molecular weight excluding hydrogens is 609 g/mol. The second kappa shape index (κ2) is 21.4. The Morgan fingerprint density at radius 3 is 1.89 bits per heavy atom. The number of hydrogen-bond acceptors (Lipinski definition) is 5. The molecule has 0 aliphatic heterocycles. The molecule has 0 fully saturated rings. The van der Waals surface area contributed by atoms with E-state index in [2.05, 4.69) is 57.8 Å². The minimum atomic E-state index is -0.414. The molecule has 1 N–H and O–H groups in total. The lowest BCUT2D eigenvalue weighted by molar-refractivity contribution is -0.141. The zero-order valence-corrected chi connectivity index (χ0v) is 20.9. The highest BCUT2D eigenvalue weighted by Gasteiger charge is 2.18. The number of esters is 1. The van der Waals surface area contributed by atoms with E-state index in [0.717, 1.165) is 5.56 Å². The van der Waals surface area contributed by atoms with Gasteiger partial charge in [0.1, 0.15) is 5.75 Å². The Balaban J connectivity index is -0.000000268. The third-order valence-corrected chi connectivity index (χ3v) is 4.73. The van der Waals surface area contributed by atoms with Gasteiger partial charge in [-0.3, -0.25) is 14.4 Å². The van der Waals surface area contributed by atoms with E-state index < -0.39 is 6.04 Å². The monoisotopic (exact) mass is 632 g/mol. The summed E-state index contributed by atoms with van der Waals surface area (Å²) in [7, 11) is 2.90. The fourth-order valence-corrected chi connectivity index (χ4v) is 1.73. The summed E-state index contributed by atoms with van der Waals surface area (Å²) in [4.78, 5) is 32.5. The van der Waals surface area contributed by atoms with Gasteiger partial charge in [0.05, 0.1) is 42.7 Å². The van der Waals surface area contributed by atoms with Crippen LogP contribution in [0.2, 0.25) is 0 Å². The van der Waals surface area contributed by atoms with Crippen molar-refractivity contribution >= 4 is 87.6 Å². The first-order valence-corrected chi connectivity index (χ1v) is 11.3. The number of benzene rings is 1. The second-order valence-corrected chi connectivity index (χ2v) is 7.21. The molecule has 1 aromatic carbocycles. The summed E-state index contributed by atoms with van der Waals surface area (Å²) in [6.45, 7) is 0. The summed E-state index contributed by atoms with van der Waals surface area (Å²) in [5.74, 6) is 0.146. The van der Waals surface area contributed by atoms with Crippen molar-refractivity contribution in [2.75, 3.05) is 30.2 Å². The fraction of sp³-hybridized carbons (Fsp3) is 0.471. The van der Waals surface area contributed by atoms with Gasteiger partial charge in [0.15, 0.2) is 0 Å². The Hall–Kier alpha value is -0.350. The number of ether oxygens (including phenoxy) is 2. The van der Waals surface area contributed by atoms with Gasteiger partial charge < -0.3 is 14.8 Å². The summed E-state index contributed by atoms with van der Waals surface area (Å²) >= 11 is 18.2. The Morgan fingerprint density at radius 1 is 1.11 bits per heavy atom. The molecule has 0 aliphatic rings. The lowest BCUT2D eigenvalue weighted by atomic mass is 10.0. The zero-order valence-electron chi connectivity index (χ0n) is 14.6. The van der Waals surface area contributed by atoms with Crippen LogP contribution in [0.4, 0.5) is 0 Å². The van der Waals surface area contributed by atoms with Gasteiger partial charge in [0.25, 0.3) is 0 Å².